The van der Waals surface area contributed by atoms with Crippen LogP contribution in [0.2, 0.25) is 0 Å². The van der Waals surface area contributed by atoms with Crippen LogP contribution in [0, 0.1) is 0 Å². The van der Waals surface area contributed by atoms with Gasteiger partial charge in [0.15, 0.2) is 0 Å². The fraction of sp³-hybridized carbons (Fsp3) is 0.222. The lowest BCUT2D eigenvalue weighted by molar-refractivity contribution is -0.141. The van der Waals surface area contributed by atoms with Crippen molar-refractivity contribution in [2.45, 2.75) is 12.1 Å². The summed E-state index contributed by atoms with van der Waals surface area (Å²) in [7, 11) is 0. The van der Waals surface area contributed by atoms with Crippen molar-refractivity contribution >= 4 is 21.9 Å². The van der Waals surface area contributed by atoms with Crippen LogP contribution in [-0.2, 0) is 4.79 Å². The van der Waals surface area contributed by atoms with Crippen molar-refractivity contribution in [3.63, 3.8) is 0 Å². The van der Waals surface area contributed by atoms with E-state index in [4.69, 9.17) is 10.8 Å². The standard InChI is InChI=1S/C9H10BrNO3/c10-6-4-2-1-3-5(6)8(12)7(11)9(13)14/h1-4,7-8,12H,11H2,(H,13,14). The molecule has 0 aliphatic rings. The number of rotatable bonds is 3. The van der Waals surface area contributed by atoms with Gasteiger partial charge in [-0.15, -0.1) is 0 Å². The first-order valence-electron chi connectivity index (χ1n) is 3.95. The number of carboxylic acids is 1. The third-order valence-corrected chi connectivity index (χ3v) is 2.57. The van der Waals surface area contributed by atoms with E-state index in [1.807, 2.05) is 0 Å². The number of hydrogen-bond acceptors (Lipinski definition) is 3. The zero-order valence-corrected chi connectivity index (χ0v) is 8.81. The van der Waals surface area contributed by atoms with E-state index in [9.17, 15) is 9.90 Å². The lowest BCUT2D eigenvalue weighted by Gasteiger charge is -2.16. The summed E-state index contributed by atoms with van der Waals surface area (Å²) >= 11 is 3.21. The highest BCUT2D eigenvalue weighted by atomic mass is 79.9. The lowest BCUT2D eigenvalue weighted by atomic mass is 10.0. The number of aliphatic carboxylic acids is 1. The molecule has 0 aliphatic carbocycles. The van der Waals surface area contributed by atoms with Crippen LogP contribution in [0.5, 0.6) is 0 Å². The molecular formula is C9H10BrNO3. The van der Waals surface area contributed by atoms with Crippen LogP contribution in [0.15, 0.2) is 28.7 Å². The zero-order valence-electron chi connectivity index (χ0n) is 7.22. The summed E-state index contributed by atoms with van der Waals surface area (Å²) in [4.78, 5) is 10.5. The Bertz CT molecular complexity index is 343. The average Bonchev–Trinajstić information content (AvgIpc) is 2.16. The van der Waals surface area contributed by atoms with Gasteiger partial charge >= 0.3 is 5.97 Å². The van der Waals surface area contributed by atoms with Crippen molar-refractivity contribution in [2.24, 2.45) is 5.73 Å². The molecule has 76 valence electrons. The van der Waals surface area contributed by atoms with Gasteiger partial charge in [-0.05, 0) is 11.6 Å². The van der Waals surface area contributed by atoms with Crippen molar-refractivity contribution < 1.29 is 15.0 Å². The molecule has 1 aromatic rings. The van der Waals surface area contributed by atoms with Crippen LogP contribution in [0.25, 0.3) is 0 Å². The van der Waals surface area contributed by atoms with E-state index in [0.29, 0.717) is 10.0 Å². The number of aliphatic hydroxyl groups excluding tert-OH is 1. The Balaban J connectivity index is 2.94. The number of halogens is 1. The summed E-state index contributed by atoms with van der Waals surface area (Å²) in [6.45, 7) is 0. The molecule has 14 heavy (non-hydrogen) atoms. The molecule has 0 heterocycles. The van der Waals surface area contributed by atoms with Crippen molar-refractivity contribution in [1.29, 1.82) is 0 Å². The largest absolute Gasteiger partial charge is 0.480 e. The van der Waals surface area contributed by atoms with Crippen LogP contribution < -0.4 is 5.73 Å². The third kappa shape index (κ3) is 2.31. The van der Waals surface area contributed by atoms with Gasteiger partial charge in [0.05, 0.1) is 0 Å². The van der Waals surface area contributed by atoms with E-state index in [0.717, 1.165) is 0 Å². The molecule has 0 fully saturated rings. The minimum Gasteiger partial charge on any atom is -0.480 e. The van der Waals surface area contributed by atoms with Crippen LogP contribution in [0.4, 0.5) is 0 Å². The Morgan fingerprint density at radius 3 is 2.50 bits per heavy atom. The fourth-order valence-corrected chi connectivity index (χ4v) is 1.56. The van der Waals surface area contributed by atoms with Gasteiger partial charge in [0.1, 0.15) is 12.1 Å². The molecule has 4 nitrogen and oxygen atoms in total. The van der Waals surface area contributed by atoms with Gasteiger partial charge in [0.25, 0.3) is 0 Å². The molecule has 2 atom stereocenters. The van der Waals surface area contributed by atoms with Crippen LogP contribution in [-0.4, -0.2) is 22.2 Å². The summed E-state index contributed by atoms with van der Waals surface area (Å²) in [6, 6.07) is 5.50. The zero-order chi connectivity index (χ0) is 10.7. The summed E-state index contributed by atoms with van der Waals surface area (Å²) in [6.07, 6.45) is -1.21. The molecule has 4 N–H and O–H groups in total. The molecule has 0 spiro atoms. The number of benzene rings is 1. The molecule has 0 amide bonds. The van der Waals surface area contributed by atoms with Gasteiger partial charge in [-0.3, -0.25) is 4.79 Å². The summed E-state index contributed by atoms with van der Waals surface area (Å²) < 4.78 is 0.643. The Labute approximate surface area is 89.5 Å². The smallest absolute Gasteiger partial charge is 0.323 e. The minimum absolute atomic E-state index is 0.474. The number of hydrogen-bond donors (Lipinski definition) is 3. The highest BCUT2D eigenvalue weighted by molar-refractivity contribution is 9.10. The summed E-state index contributed by atoms with van der Waals surface area (Å²) in [5, 5.41) is 18.2. The van der Waals surface area contributed by atoms with Crippen molar-refractivity contribution in [3.05, 3.63) is 34.3 Å². The second-order valence-corrected chi connectivity index (χ2v) is 3.68. The molecule has 0 aliphatic heterocycles. The van der Waals surface area contributed by atoms with Crippen molar-refractivity contribution in [2.75, 3.05) is 0 Å². The molecule has 2 unspecified atom stereocenters. The molecule has 1 rings (SSSR count). The Morgan fingerprint density at radius 1 is 1.43 bits per heavy atom. The highest BCUT2D eigenvalue weighted by Crippen LogP contribution is 2.24. The average molecular weight is 260 g/mol. The molecule has 0 saturated carbocycles. The number of aliphatic hydroxyl groups is 1. The molecule has 5 heteroatoms. The Morgan fingerprint density at radius 2 is 2.00 bits per heavy atom. The van der Waals surface area contributed by atoms with Gasteiger partial charge in [-0.1, -0.05) is 34.1 Å². The minimum atomic E-state index is -1.31. The SMILES string of the molecule is NC(C(=O)O)C(O)c1ccccc1Br. The number of carboxylic acid groups (broad SMARTS) is 1. The molecule has 0 bridgehead atoms. The first-order chi connectivity index (χ1) is 6.54. The first-order valence-corrected chi connectivity index (χ1v) is 4.74. The Kier molecular flexibility index (Phi) is 3.62. The lowest BCUT2D eigenvalue weighted by Crippen LogP contribution is -2.36. The van der Waals surface area contributed by atoms with E-state index in [1.165, 1.54) is 0 Å². The van der Waals surface area contributed by atoms with Gasteiger partial charge in [-0.2, -0.15) is 0 Å². The van der Waals surface area contributed by atoms with E-state index >= 15 is 0 Å². The molecular weight excluding hydrogens is 250 g/mol. The quantitative estimate of drug-likeness (QED) is 0.753. The van der Waals surface area contributed by atoms with E-state index in [-0.39, 0.29) is 0 Å². The monoisotopic (exact) mass is 259 g/mol. The summed E-state index contributed by atoms with van der Waals surface area (Å²) in [5.74, 6) is -1.23. The first kappa shape index (κ1) is 11.2. The number of nitrogens with two attached hydrogens (primary N) is 1. The van der Waals surface area contributed by atoms with Gasteiger partial charge < -0.3 is 15.9 Å². The second-order valence-electron chi connectivity index (χ2n) is 2.83. The van der Waals surface area contributed by atoms with Gasteiger partial charge in [0.2, 0.25) is 0 Å². The van der Waals surface area contributed by atoms with Crippen LogP contribution in [0.1, 0.15) is 11.7 Å². The molecule has 0 aromatic heterocycles. The van der Waals surface area contributed by atoms with E-state index in [1.54, 1.807) is 24.3 Å². The van der Waals surface area contributed by atoms with Gasteiger partial charge in [0, 0.05) is 4.47 Å². The molecule has 1 aromatic carbocycles. The van der Waals surface area contributed by atoms with Crippen molar-refractivity contribution in [3.8, 4) is 0 Å². The van der Waals surface area contributed by atoms with E-state index < -0.39 is 18.1 Å². The van der Waals surface area contributed by atoms with Crippen molar-refractivity contribution in [1.82, 2.24) is 0 Å². The number of carbonyl (C=O) groups is 1. The normalized spacial score (nSPS) is 14.8. The predicted molar refractivity (Wildman–Crippen MR) is 54.7 cm³/mol. The second kappa shape index (κ2) is 4.54. The molecule has 0 radical (unpaired) electrons. The van der Waals surface area contributed by atoms with E-state index in [2.05, 4.69) is 15.9 Å². The maximum Gasteiger partial charge on any atom is 0.323 e. The fourth-order valence-electron chi connectivity index (χ4n) is 1.04. The Hall–Kier alpha value is -0.910. The molecule has 0 saturated heterocycles. The predicted octanol–water partition coefficient (Wildman–Crippen LogP) is 0.894. The van der Waals surface area contributed by atoms with Gasteiger partial charge in [-0.25, -0.2) is 0 Å². The maximum atomic E-state index is 10.5. The van der Waals surface area contributed by atoms with Crippen LogP contribution in [0.3, 0.4) is 0 Å². The maximum absolute atomic E-state index is 10.5. The summed E-state index contributed by atoms with van der Waals surface area (Å²) in [5.41, 5.74) is 5.76. The highest BCUT2D eigenvalue weighted by Gasteiger charge is 2.24. The topological polar surface area (TPSA) is 83.6 Å². The van der Waals surface area contributed by atoms with Crippen LogP contribution >= 0.6 is 15.9 Å². The third-order valence-electron chi connectivity index (χ3n) is 1.85.